The first-order valence-electron chi connectivity index (χ1n) is 7.61. The van der Waals surface area contributed by atoms with Crippen LogP contribution in [-0.4, -0.2) is 30.6 Å². The SMILES string of the molecule is CCOC(=O)CN(Cc1ccccc1)CC(CC)CC. The molecule has 0 N–H and O–H groups in total. The number of carbonyl (C=O) groups excluding carboxylic acids is 1. The molecule has 0 aliphatic carbocycles. The van der Waals surface area contributed by atoms with E-state index < -0.39 is 0 Å². The zero-order valence-corrected chi connectivity index (χ0v) is 13.0. The summed E-state index contributed by atoms with van der Waals surface area (Å²) in [6.07, 6.45) is 2.29. The van der Waals surface area contributed by atoms with E-state index in [0.29, 0.717) is 19.1 Å². The van der Waals surface area contributed by atoms with Crippen molar-refractivity contribution in [1.29, 1.82) is 0 Å². The van der Waals surface area contributed by atoms with Gasteiger partial charge in [-0.15, -0.1) is 0 Å². The fraction of sp³-hybridized carbons (Fsp3) is 0.588. The molecule has 1 aromatic rings. The van der Waals surface area contributed by atoms with E-state index in [1.807, 2.05) is 25.1 Å². The van der Waals surface area contributed by atoms with Gasteiger partial charge in [0.2, 0.25) is 0 Å². The number of nitrogens with zero attached hydrogens (tertiary/aromatic N) is 1. The average Bonchev–Trinajstić information content (AvgIpc) is 2.45. The summed E-state index contributed by atoms with van der Waals surface area (Å²) >= 11 is 0. The van der Waals surface area contributed by atoms with Crippen LogP contribution in [0.2, 0.25) is 0 Å². The molecule has 112 valence electrons. The molecule has 0 atom stereocenters. The first-order chi connectivity index (χ1) is 9.69. The summed E-state index contributed by atoms with van der Waals surface area (Å²) in [5.74, 6) is 0.502. The number of benzene rings is 1. The standard InChI is InChI=1S/C17H27NO2/c1-4-15(5-2)12-18(14-17(19)20-6-3)13-16-10-8-7-9-11-16/h7-11,15H,4-6,12-14H2,1-3H3. The highest BCUT2D eigenvalue weighted by atomic mass is 16.5. The first-order valence-corrected chi connectivity index (χ1v) is 7.61. The van der Waals surface area contributed by atoms with Crippen molar-refractivity contribution >= 4 is 5.97 Å². The van der Waals surface area contributed by atoms with Gasteiger partial charge in [-0.2, -0.15) is 0 Å². The number of hydrogen-bond donors (Lipinski definition) is 0. The molecule has 0 aliphatic heterocycles. The van der Waals surface area contributed by atoms with Gasteiger partial charge in [0.25, 0.3) is 0 Å². The van der Waals surface area contributed by atoms with Crippen molar-refractivity contribution in [3.8, 4) is 0 Å². The van der Waals surface area contributed by atoms with Crippen molar-refractivity contribution in [2.24, 2.45) is 5.92 Å². The lowest BCUT2D eigenvalue weighted by molar-refractivity contribution is -0.144. The maximum atomic E-state index is 11.7. The molecule has 20 heavy (non-hydrogen) atoms. The molecule has 0 fully saturated rings. The fourth-order valence-electron chi connectivity index (χ4n) is 2.33. The highest BCUT2D eigenvalue weighted by Crippen LogP contribution is 2.13. The Kier molecular flexibility index (Phi) is 7.97. The summed E-state index contributed by atoms with van der Waals surface area (Å²) in [6.45, 7) is 8.83. The Hall–Kier alpha value is -1.35. The van der Waals surface area contributed by atoms with Crippen LogP contribution in [0.4, 0.5) is 0 Å². The van der Waals surface area contributed by atoms with Crippen molar-refractivity contribution in [3.63, 3.8) is 0 Å². The van der Waals surface area contributed by atoms with Gasteiger partial charge in [0.15, 0.2) is 0 Å². The van der Waals surface area contributed by atoms with E-state index in [4.69, 9.17) is 4.74 Å². The minimum absolute atomic E-state index is 0.130. The Morgan fingerprint density at radius 3 is 2.35 bits per heavy atom. The third-order valence-electron chi connectivity index (χ3n) is 3.58. The maximum Gasteiger partial charge on any atom is 0.320 e. The highest BCUT2D eigenvalue weighted by molar-refractivity contribution is 5.71. The fourth-order valence-corrected chi connectivity index (χ4v) is 2.33. The summed E-state index contributed by atoms with van der Waals surface area (Å²) in [5, 5.41) is 0. The Morgan fingerprint density at radius 1 is 1.15 bits per heavy atom. The van der Waals surface area contributed by atoms with Gasteiger partial charge in [-0.1, -0.05) is 57.0 Å². The largest absolute Gasteiger partial charge is 0.465 e. The molecule has 0 heterocycles. The summed E-state index contributed by atoms with van der Waals surface area (Å²) in [6, 6.07) is 10.3. The average molecular weight is 277 g/mol. The second-order valence-electron chi connectivity index (χ2n) is 5.14. The molecule has 0 unspecified atom stereocenters. The van der Waals surface area contributed by atoms with Gasteiger partial charge in [-0.25, -0.2) is 0 Å². The zero-order chi connectivity index (χ0) is 14.8. The molecule has 3 nitrogen and oxygen atoms in total. The second-order valence-corrected chi connectivity index (χ2v) is 5.14. The molecule has 0 amide bonds. The number of hydrogen-bond acceptors (Lipinski definition) is 3. The molecular weight excluding hydrogens is 250 g/mol. The smallest absolute Gasteiger partial charge is 0.320 e. The van der Waals surface area contributed by atoms with E-state index in [9.17, 15) is 4.79 Å². The number of ether oxygens (including phenoxy) is 1. The van der Waals surface area contributed by atoms with Crippen LogP contribution in [0.5, 0.6) is 0 Å². The molecule has 0 saturated carbocycles. The van der Waals surface area contributed by atoms with E-state index in [1.54, 1.807) is 0 Å². The summed E-state index contributed by atoms with van der Waals surface area (Å²) in [7, 11) is 0. The Labute approximate surface area is 122 Å². The quantitative estimate of drug-likeness (QED) is 0.647. The zero-order valence-electron chi connectivity index (χ0n) is 13.0. The van der Waals surface area contributed by atoms with Crippen LogP contribution in [0.1, 0.15) is 39.2 Å². The summed E-state index contributed by atoms with van der Waals surface area (Å²) in [5.41, 5.74) is 1.24. The third kappa shape index (κ3) is 6.20. The monoisotopic (exact) mass is 277 g/mol. The molecule has 3 heteroatoms. The molecule has 1 aromatic carbocycles. The minimum atomic E-state index is -0.130. The molecule has 0 aromatic heterocycles. The van der Waals surface area contributed by atoms with Crippen LogP contribution < -0.4 is 0 Å². The normalized spacial score (nSPS) is 11.1. The lowest BCUT2D eigenvalue weighted by atomic mass is 10.0. The van der Waals surface area contributed by atoms with Gasteiger partial charge in [0.1, 0.15) is 0 Å². The lowest BCUT2D eigenvalue weighted by Crippen LogP contribution is -2.34. The van der Waals surface area contributed by atoms with Gasteiger partial charge in [-0.05, 0) is 18.4 Å². The summed E-state index contributed by atoms with van der Waals surface area (Å²) < 4.78 is 5.08. The van der Waals surface area contributed by atoms with Gasteiger partial charge in [-0.3, -0.25) is 9.69 Å². The predicted octanol–water partition coefficient (Wildman–Crippen LogP) is 3.49. The molecule has 0 saturated heterocycles. The molecule has 0 bridgehead atoms. The molecule has 1 rings (SSSR count). The number of carbonyl (C=O) groups is 1. The van der Waals surface area contributed by atoms with Crippen LogP contribution in [0, 0.1) is 5.92 Å². The van der Waals surface area contributed by atoms with Gasteiger partial charge >= 0.3 is 5.97 Å². The van der Waals surface area contributed by atoms with E-state index in [-0.39, 0.29) is 5.97 Å². The molecule has 0 aliphatic rings. The Balaban J connectivity index is 2.65. The molecule has 0 radical (unpaired) electrons. The second kappa shape index (κ2) is 9.54. The Morgan fingerprint density at radius 2 is 1.80 bits per heavy atom. The van der Waals surface area contributed by atoms with Crippen LogP contribution in [-0.2, 0) is 16.1 Å². The third-order valence-corrected chi connectivity index (χ3v) is 3.58. The Bertz CT molecular complexity index is 374. The maximum absolute atomic E-state index is 11.7. The van der Waals surface area contributed by atoms with E-state index in [2.05, 4.69) is 30.9 Å². The van der Waals surface area contributed by atoms with Gasteiger partial charge in [0.05, 0.1) is 13.2 Å². The van der Waals surface area contributed by atoms with Crippen LogP contribution in [0.15, 0.2) is 30.3 Å². The van der Waals surface area contributed by atoms with Crippen LogP contribution in [0.3, 0.4) is 0 Å². The van der Waals surface area contributed by atoms with Gasteiger partial charge in [0, 0.05) is 13.1 Å². The van der Waals surface area contributed by atoms with Crippen molar-refractivity contribution in [2.75, 3.05) is 19.7 Å². The number of esters is 1. The molecule has 0 spiro atoms. The topological polar surface area (TPSA) is 29.5 Å². The van der Waals surface area contributed by atoms with Crippen molar-refractivity contribution in [1.82, 2.24) is 4.90 Å². The van der Waals surface area contributed by atoms with E-state index in [1.165, 1.54) is 5.56 Å². The van der Waals surface area contributed by atoms with Crippen molar-refractivity contribution in [2.45, 2.75) is 40.2 Å². The summed E-state index contributed by atoms with van der Waals surface area (Å²) in [4.78, 5) is 13.9. The van der Waals surface area contributed by atoms with Crippen LogP contribution >= 0.6 is 0 Å². The highest BCUT2D eigenvalue weighted by Gasteiger charge is 2.15. The van der Waals surface area contributed by atoms with Crippen molar-refractivity contribution in [3.05, 3.63) is 35.9 Å². The van der Waals surface area contributed by atoms with E-state index in [0.717, 1.165) is 25.9 Å². The lowest BCUT2D eigenvalue weighted by Gasteiger charge is -2.25. The minimum Gasteiger partial charge on any atom is -0.465 e. The first kappa shape index (κ1) is 16.7. The van der Waals surface area contributed by atoms with E-state index >= 15 is 0 Å². The predicted molar refractivity (Wildman–Crippen MR) is 82.4 cm³/mol. The van der Waals surface area contributed by atoms with Crippen LogP contribution in [0.25, 0.3) is 0 Å². The molecular formula is C17H27NO2. The van der Waals surface area contributed by atoms with Crippen molar-refractivity contribution < 1.29 is 9.53 Å². The van der Waals surface area contributed by atoms with Gasteiger partial charge < -0.3 is 4.74 Å². The number of rotatable bonds is 9.